The molecule has 1 saturated heterocycles. The maximum atomic E-state index is 13.7. The van der Waals surface area contributed by atoms with Crippen LogP contribution in [0, 0.1) is 6.92 Å². The summed E-state index contributed by atoms with van der Waals surface area (Å²) in [6.07, 6.45) is 2.38. The van der Waals surface area contributed by atoms with Gasteiger partial charge in [-0.3, -0.25) is 4.79 Å². The number of nitrogens with two attached hydrogens (primary N) is 1. The summed E-state index contributed by atoms with van der Waals surface area (Å²) in [5.74, 6) is 1.11. The van der Waals surface area contributed by atoms with E-state index in [-0.39, 0.29) is 17.8 Å². The fraction of sp³-hybridized carbons (Fsp3) is 0.370. The van der Waals surface area contributed by atoms with Crippen molar-refractivity contribution in [1.82, 2.24) is 25.1 Å². The average Bonchev–Trinajstić information content (AvgIpc) is 3.64. The van der Waals surface area contributed by atoms with Crippen LogP contribution in [0.15, 0.2) is 52.3 Å². The summed E-state index contributed by atoms with van der Waals surface area (Å²) in [5, 5.41) is 11.5. The van der Waals surface area contributed by atoms with E-state index in [2.05, 4.69) is 20.2 Å². The highest BCUT2D eigenvalue weighted by molar-refractivity contribution is 7.09. The molecule has 1 aliphatic rings. The van der Waals surface area contributed by atoms with Crippen LogP contribution in [0.25, 0.3) is 11.6 Å². The maximum Gasteiger partial charge on any atom is 0.266 e. The van der Waals surface area contributed by atoms with E-state index in [1.54, 1.807) is 23.5 Å². The topological polar surface area (TPSA) is 114 Å². The van der Waals surface area contributed by atoms with Crippen molar-refractivity contribution in [3.05, 3.63) is 75.6 Å². The average molecular weight is 518 g/mol. The fourth-order valence-electron chi connectivity index (χ4n) is 4.59. The molecular formula is C27H31N7O2S. The molecule has 37 heavy (non-hydrogen) atoms. The lowest BCUT2D eigenvalue weighted by Gasteiger charge is -2.24. The Morgan fingerprint density at radius 1 is 1.22 bits per heavy atom. The second kappa shape index (κ2) is 10.0. The third kappa shape index (κ3) is 5.26. The van der Waals surface area contributed by atoms with Gasteiger partial charge in [0.05, 0.1) is 11.6 Å². The van der Waals surface area contributed by atoms with Crippen molar-refractivity contribution in [3.63, 3.8) is 0 Å². The highest BCUT2D eigenvalue weighted by Crippen LogP contribution is 2.35. The van der Waals surface area contributed by atoms with Crippen LogP contribution in [0.1, 0.15) is 58.3 Å². The van der Waals surface area contributed by atoms with E-state index in [9.17, 15) is 4.79 Å². The number of thiazole rings is 1. The van der Waals surface area contributed by atoms with Crippen LogP contribution in [0.4, 0.5) is 5.82 Å². The summed E-state index contributed by atoms with van der Waals surface area (Å²) >= 11 is 1.61. The van der Waals surface area contributed by atoms with Gasteiger partial charge >= 0.3 is 0 Å². The first kappa shape index (κ1) is 25.0. The summed E-state index contributed by atoms with van der Waals surface area (Å²) in [6, 6.07) is 13.4. The van der Waals surface area contributed by atoms with Crippen LogP contribution in [-0.4, -0.2) is 51.6 Å². The number of carbonyl (C=O) groups excluding carboxylic acids is 1. The number of anilines is 1. The van der Waals surface area contributed by atoms with Gasteiger partial charge in [-0.15, -0.1) is 21.5 Å². The number of carbonyl (C=O) groups is 1. The first-order valence-corrected chi connectivity index (χ1v) is 13.2. The zero-order chi connectivity index (χ0) is 26.2. The molecule has 0 spiro atoms. The standard InChI is InChI=1S/C27H31N7O2S/c1-17-16-37-24(29-17)21-11-8-12-34(21)25(35)19-13-20(30-22(14-19)33(3)4)23-31-32-26(36-23)27(2,28)15-18-9-6-5-7-10-18/h5-7,9-10,13-14,16,21H,8,11-12,15,28H2,1-4H3/t21-,27-/m1/s1. The molecule has 1 amide bonds. The van der Waals surface area contributed by atoms with Crippen LogP contribution in [0.2, 0.25) is 0 Å². The van der Waals surface area contributed by atoms with Gasteiger partial charge in [0.2, 0.25) is 5.89 Å². The van der Waals surface area contributed by atoms with Gasteiger partial charge in [0.25, 0.3) is 11.8 Å². The van der Waals surface area contributed by atoms with Crippen molar-refractivity contribution in [3.8, 4) is 11.6 Å². The van der Waals surface area contributed by atoms with E-state index < -0.39 is 5.54 Å². The number of aromatic nitrogens is 4. The van der Waals surface area contributed by atoms with E-state index in [1.165, 1.54) is 0 Å². The summed E-state index contributed by atoms with van der Waals surface area (Å²) < 4.78 is 6.03. The second-order valence-corrected chi connectivity index (χ2v) is 10.9. The first-order chi connectivity index (χ1) is 17.7. The normalized spacial score (nSPS) is 17.1. The number of nitrogens with zero attached hydrogens (tertiary/aromatic N) is 6. The highest BCUT2D eigenvalue weighted by Gasteiger charge is 2.34. The van der Waals surface area contributed by atoms with Gasteiger partial charge in [-0.05, 0) is 50.8 Å². The molecule has 4 heterocycles. The fourth-order valence-corrected chi connectivity index (χ4v) is 5.53. The molecule has 0 radical (unpaired) electrons. The van der Waals surface area contributed by atoms with Gasteiger partial charge < -0.3 is 20.0 Å². The summed E-state index contributed by atoms with van der Waals surface area (Å²) in [5.41, 5.74) is 8.73. The van der Waals surface area contributed by atoms with Gasteiger partial charge in [-0.1, -0.05) is 30.3 Å². The van der Waals surface area contributed by atoms with Crippen LogP contribution in [-0.2, 0) is 12.0 Å². The van der Waals surface area contributed by atoms with E-state index >= 15 is 0 Å². The minimum atomic E-state index is -0.862. The van der Waals surface area contributed by atoms with Crippen LogP contribution in [0.3, 0.4) is 0 Å². The Kier molecular flexibility index (Phi) is 6.78. The largest absolute Gasteiger partial charge is 0.417 e. The highest BCUT2D eigenvalue weighted by atomic mass is 32.1. The van der Waals surface area contributed by atoms with Gasteiger partial charge in [-0.2, -0.15) is 0 Å². The maximum absolute atomic E-state index is 13.7. The van der Waals surface area contributed by atoms with E-state index in [0.717, 1.165) is 29.1 Å². The smallest absolute Gasteiger partial charge is 0.266 e. The van der Waals surface area contributed by atoms with E-state index in [4.69, 9.17) is 10.2 Å². The molecule has 3 aromatic heterocycles. The molecule has 5 rings (SSSR count). The molecule has 2 atom stereocenters. The Labute approximate surface area is 220 Å². The van der Waals surface area contributed by atoms with Gasteiger partial charge in [-0.25, -0.2) is 9.97 Å². The number of rotatable bonds is 7. The number of hydrogen-bond acceptors (Lipinski definition) is 9. The Morgan fingerprint density at radius 3 is 2.70 bits per heavy atom. The molecule has 1 aromatic carbocycles. The SMILES string of the molecule is Cc1csc([C@H]2CCCN2C(=O)c2cc(-c3nnc([C@](C)(N)Cc4ccccc4)o3)nc(N(C)C)c2)n1. The van der Waals surface area contributed by atoms with Gasteiger partial charge in [0.15, 0.2) is 0 Å². The molecule has 9 nitrogen and oxygen atoms in total. The molecule has 1 fully saturated rings. The molecule has 0 unspecified atom stereocenters. The zero-order valence-electron chi connectivity index (χ0n) is 21.5. The molecule has 0 saturated carbocycles. The number of likely N-dealkylation sites (tertiary alicyclic amines) is 1. The Bertz CT molecular complexity index is 1400. The number of benzene rings is 1. The Morgan fingerprint density at radius 2 is 2.00 bits per heavy atom. The summed E-state index contributed by atoms with van der Waals surface area (Å²) in [4.78, 5) is 26.8. The molecule has 192 valence electrons. The first-order valence-electron chi connectivity index (χ1n) is 12.3. The van der Waals surface area contributed by atoms with Crippen molar-refractivity contribution in [1.29, 1.82) is 0 Å². The molecule has 10 heteroatoms. The van der Waals surface area contributed by atoms with E-state index in [0.29, 0.717) is 35.9 Å². The van der Waals surface area contributed by atoms with Crippen LogP contribution in [0.5, 0.6) is 0 Å². The zero-order valence-corrected chi connectivity index (χ0v) is 22.3. The van der Waals surface area contributed by atoms with Gasteiger partial charge in [0, 0.05) is 37.3 Å². The predicted molar refractivity (Wildman–Crippen MR) is 143 cm³/mol. The number of hydrogen-bond donors (Lipinski definition) is 1. The number of aryl methyl sites for hydroxylation is 1. The molecule has 1 aliphatic heterocycles. The minimum Gasteiger partial charge on any atom is -0.417 e. The monoisotopic (exact) mass is 517 g/mol. The number of pyridine rings is 1. The number of amides is 1. The van der Waals surface area contributed by atoms with Crippen LogP contribution < -0.4 is 10.6 Å². The third-order valence-electron chi connectivity index (χ3n) is 6.50. The van der Waals surface area contributed by atoms with Crippen molar-refractivity contribution in [2.75, 3.05) is 25.5 Å². The summed E-state index contributed by atoms with van der Waals surface area (Å²) in [6.45, 7) is 4.53. The summed E-state index contributed by atoms with van der Waals surface area (Å²) in [7, 11) is 3.76. The van der Waals surface area contributed by atoms with Gasteiger partial charge in [0.1, 0.15) is 16.5 Å². The van der Waals surface area contributed by atoms with Crippen molar-refractivity contribution < 1.29 is 9.21 Å². The quantitative estimate of drug-likeness (QED) is 0.385. The second-order valence-electron chi connectivity index (χ2n) is 9.97. The lowest BCUT2D eigenvalue weighted by atomic mass is 9.94. The third-order valence-corrected chi connectivity index (χ3v) is 7.56. The molecular weight excluding hydrogens is 486 g/mol. The van der Waals surface area contributed by atoms with E-state index in [1.807, 2.05) is 73.5 Å². The molecule has 0 aliphatic carbocycles. The lowest BCUT2D eigenvalue weighted by molar-refractivity contribution is 0.0735. The minimum absolute atomic E-state index is 0.0171. The lowest BCUT2D eigenvalue weighted by Crippen LogP contribution is -2.35. The Balaban J connectivity index is 1.45. The van der Waals surface area contributed by atoms with Crippen LogP contribution >= 0.6 is 11.3 Å². The van der Waals surface area contributed by atoms with Crippen molar-refractivity contribution in [2.24, 2.45) is 5.73 Å². The van der Waals surface area contributed by atoms with Crippen molar-refractivity contribution >= 4 is 23.1 Å². The molecule has 2 N–H and O–H groups in total. The van der Waals surface area contributed by atoms with Crippen molar-refractivity contribution in [2.45, 2.75) is 44.7 Å². The predicted octanol–water partition coefficient (Wildman–Crippen LogP) is 4.36. The molecule has 4 aromatic rings. The molecule has 0 bridgehead atoms. The Hall–Kier alpha value is -3.63.